The maximum Gasteiger partial charge on any atom is 1.00 e. The monoisotopic (exact) mass is 937 g/mol. The largest absolute Gasteiger partial charge is 1.00 e. The van der Waals surface area contributed by atoms with Gasteiger partial charge in [0.15, 0.2) is 5.82 Å². The molecule has 2 heterocycles. The second-order valence-electron chi connectivity index (χ2n) is 14.0. The first-order valence-corrected chi connectivity index (χ1v) is 23.6. The average molecular weight is 939 g/mol. The van der Waals surface area contributed by atoms with Crippen LogP contribution >= 0.6 is 15.8 Å². The van der Waals surface area contributed by atoms with Crippen molar-refractivity contribution in [1.82, 2.24) is 25.1 Å². The van der Waals surface area contributed by atoms with Gasteiger partial charge in [-0.05, 0) is 85.8 Å². The van der Waals surface area contributed by atoms with E-state index >= 15 is 0 Å². The molecular weight excluding hydrogens is 888 g/mol. The van der Waals surface area contributed by atoms with Crippen molar-refractivity contribution in [3.8, 4) is 11.6 Å². The third-order valence-electron chi connectivity index (χ3n) is 8.34. The third-order valence-corrected chi connectivity index (χ3v) is 13.8. The second-order valence-corrected chi connectivity index (χ2v) is 19.7. The molecule has 0 radical (unpaired) electrons. The number of H-pyrrole nitrogens is 1. The van der Waals surface area contributed by atoms with Crippen LogP contribution in [0.2, 0.25) is 0 Å². The van der Waals surface area contributed by atoms with E-state index in [1.165, 1.54) is 31.8 Å². The molecule has 0 saturated heterocycles. The molecule has 2 aromatic heterocycles. The normalized spacial score (nSPS) is 10.6. The molecule has 0 bridgehead atoms. The number of aliphatic hydroxyl groups is 1. The fourth-order valence-corrected chi connectivity index (χ4v) is 10.9. The summed E-state index contributed by atoms with van der Waals surface area (Å²) < 4.78 is 34.0. The number of hydrogen-bond acceptors (Lipinski definition) is 9. The molecule has 0 aliphatic heterocycles. The number of hydrogen-bond donors (Lipinski definition) is 2. The Labute approximate surface area is 379 Å². The van der Waals surface area contributed by atoms with E-state index in [-0.39, 0.29) is 29.1 Å². The molecule has 324 valence electrons. The van der Waals surface area contributed by atoms with Crippen molar-refractivity contribution in [3.05, 3.63) is 206 Å². The number of aromatic amines is 1. The van der Waals surface area contributed by atoms with Crippen molar-refractivity contribution < 1.29 is 51.1 Å². The van der Waals surface area contributed by atoms with E-state index in [0.29, 0.717) is 11.6 Å². The topological polar surface area (TPSA) is 180 Å². The smallest absolute Gasteiger partial charge is 0.397 e. The van der Waals surface area contributed by atoms with E-state index in [9.17, 15) is 0 Å². The summed E-state index contributed by atoms with van der Waals surface area (Å²) in [5, 5.41) is 23.2. The van der Waals surface area contributed by atoms with Gasteiger partial charge in [0.05, 0.1) is 15.8 Å². The third kappa shape index (κ3) is 18.2. The molecule has 0 saturated carbocycles. The number of halogens is 1. The van der Waals surface area contributed by atoms with E-state index in [1.54, 1.807) is 25.4 Å². The van der Waals surface area contributed by atoms with Gasteiger partial charge in [0, 0.05) is 24.4 Å². The minimum absolute atomic E-state index is 0. The molecule has 14 heteroatoms. The maximum atomic E-state index is 8.49. The van der Waals surface area contributed by atoms with Gasteiger partial charge in [-0.15, -0.1) is 15.3 Å². The second kappa shape index (κ2) is 27.2. The first-order valence-electron chi connectivity index (χ1n) is 19.4. The van der Waals surface area contributed by atoms with Crippen molar-refractivity contribution >= 4 is 47.7 Å². The Kier molecular flexibility index (Phi) is 22.5. The zero-order chi connectivity index (χ0) is 43.9. The predicted octanol–water partition coefficient (Wildman–Crippen LogP) is 3.15. The fraction of sp³-hybridized carbons (Fsp3) is 0.125. The van der Waals surface area contributed by atoms with Crippen LogP contribution in [-0.4, -0.2) is 36.9 Å². The molecule has 8 aromatic rings. The Morgan fingerprint density at radius 2 is 0.726 bits per heavy atom. The minimum Gasteiger partial charge on any atom is -0.397 e. The molecule has 0 amide bonds. The van der Waals surface area contributed by atoms with Crippen molar-refractivity contribution in [1.29, 1.82) is 0 Å². The van der Waals surface area contributed by atoms with Crippen LogP contribution in [0.1, 0.15) is 33.5 Å². The number of rotatable bonds is 7. The minimum atomic E-state index is -4.94. The van der Waals surface area contributed by atoms with Crippen LogP contribution < -0.4 is 50.5 Å². The molecule has 8 rings (SSSR count). The molecule has 2 N–H and O–H groups in total. The van der Waals surface area contributed by atoms with Gasteiger partial charge < -0.3 is 5.11 Å². The fourth-order valence-electron chi connectivity index (χ4n) is 5.74. The zero-order valence-corrected chi connectivity index (χ0v) is 38.5. The molecule has 6 aromatic carbocycles. The quantitative estimate of drug-likeness (QED) is 0.180. The van der Waals surface area contributed by atoms with Crippen molar-refractivity contribution in [2.24, 2.45) is 0 Å². The Balaban J connectivity index is 0.000000227. The molecule has 10 nitrogen and oxygen atoms in total. The summed E-state index contributed by atoms with van der Waals surface area (Å²) in [4.78, 5) is 12.5. The molecule has 0 unspecified atom stereocenters. The molecule has 0 spiro atoms. The van der Waals surface area contributed by atoms with E-state index in [2.05, 4.69) is 228 Å². The van der Waals surface area contributed by atoms with Crippen molar-refractivity contribution in [2.75, 3.05) is 6.61 Å². The molecule has 0 fully saturated rings. The number of aromatic nitrogens is 5. The molecule has 0 aliphatic rings. The van der Waals surface area contributed by atoms with Crippen LogP contribution in [0.3, 0.4) is 0 Å². The van der Waals surface area contributed by atoms with Crippen LogP contribution in [0.5, 0.6) is 0 Å². The Morgan fingerprint density at radius 3 is 0.935 bits per heavy atom. The van der Waals surface area contributed by atoms with E-state index < -0.39 is 26.1 Å². The predicted molar refractivity (Wildman–Crippen MR) is 242 cm³/mol. The van der Waals surface area contributed by atoms with Crippen LogP contribution in [0.25, 0.3) is 11.6 Å². The summed E-state index contributed by atoms with van der Waals surface area (Å²) in [6, 6.07) is 66.8. The first-order chi connectivity index (χ1) is 29.4. The van der Waals surface area contributed by atoms with Gasteiger partial charge >= 0.3 is 17.1 Å². The van der Waals surface area contributed by atoms with E-state index in [0.717, 1.165) is 5.82 Å². The van der Waals surface area contributed by atoms with Gasteiger partial charge in [0.1, 0.15) is 37.7 Å². The zero-order valence-electron chi connectivity index (χ0n) is 34.8. The van der Waals surface area contributed by atoms with Crippen LogP contribution in [0.4, 0.5) is 0 Å². The van der Waals surface area contributed by atoms with Gasteiger partial charge in [-0.25, -0.2) is 33.6 Å². The first kappa shape index (κ1) is 51.4. The summed E-state index contributed by atoms with van der Waals surface area (Å²) in [6.45, 7) is 8.15. The average Bonchev–Trinajstić information content (AvgIpc) is 3.79. The van der Waals surface area contributed by atoms with Gasteiger partial charge in [0.2, 0.25) is 5.82 Å². The van der Waals surface area contributed by atoms with Gasteiger partial charge in [-0.2, -0.15) is 0 Å². The maximum absolute atomic E-state index is 8.49. The number of nitrogens with one attached hydrogen (secondary N) is 1. The van der Waals surface area contributed by atoms with E-state index in [4.69, 9.17) is 23.7 Å². The van der Waals surface area contributed by atoms with Gasteiger partial charge in [-0.3, -0.25) is 5.10 Å². The summed E-state index contributed by atoms with van der Waals surface area (Å²) in [5.74, 6) is 1.93. The van der Waals surface area contributed by atoms with Gasteiger partial charge in [-0.1, -0.05) is 130 Å². The summed E-state index contributed by atoms with van der Waals surface area (Å²) >= 11 is 0. The molecule has 0 atom stereocenters. The SMILES string of the molecule is CC(C)(C)c1nc(-c2ncccn2)n[nH]1.CCO.[Cu+].[O-][Cl+3]([O-])([O-])[O-].c1ccc([PH+](c2ccccc2)c2ccccc2)cc1.c1ccc([PH+](c2ccccc2)c2ccccc2)cc1. The summed E-state index contributed by atoms with van der Waals surface area (Å²) in [5.41, 5.74) is -0.0416. The summed E-state index contributed by atoms with van der Waals surface area (Å²) in [6.07, 6.45) is 3.35. The Bertz CT molecular complexity index is 2040. The molecule has 62 heavy (non-hydrogen) atoms. The number of aliphatic hydroxyl groups excluding tert-OH is 1. The number of benzene rings is 6. The van der Waals surface area contributed by atoms with Gasteiger partial charge in [0.25, 0.3) is 0 Å². The van der Waals surface area contributed by atoms with E-state index in [1.807, 2.05) is 0 Å². The molecule has 0 aliphatic carbocycles. The number of nitrogens with zero attached hydrogens (tertiary/aromatic N) is 4. The Hall–Kier alpha value is -4.99. The Morgan fingerprint density at radius 1 is 0.484 bits per heavy atom. The molecular formula is C48H51ClCuN5O5P2+2. The summed E-state index contributed by atoms with van der Waals surface area (Å²) in [7, 11) is -6.70. The van der Waals surface area contributed by atoms with Crippen molar-refractivity contribution in [2.45, 2.75) is 33.1 Å². The standard InChI is InChI=1S/2C18H15P.C10H13N5.C2H6O.ClHO4.Cu/c2*1-4-10-16(11-5-1)19(17-12-6-2-7-13-17)18-14-8-3-9-15-18;1-10(2,3)9-13-8(14-15-9)7-11-5-4-6-12-7;1-2-3;2-1(3,4)5;/h2*1-15H;4-6H,1-3H3,(H,13,14,15);3H,2H2,1H3;(H,2,3,4,5);/q;;;;;+1/p+1. The van der Waals surface area contributed by atoms with Crippen molar-refractivity contribution in [3.63, 3.8) is 0 Å². The van der Waals surface area contributed by atoms with Crippen LogP contribution in [0.15, 0.2) is 200 Å². The van der Waals surface area contributed by atoms with Crippen LogP contribution in [-0.2, 0) is 22.5 Å². The van der Waals surface area contributed by atoms with Crippen LogP contribution in [0, 0.1) is 10.2 Å².